The molecule has 3 fully saturated rings. The predicted octanol–water partition coefficient (Wildman–Crippen LogP) is 5.17. The van der Waals surface area contributed by atoms with Gasteiger partial charge in [-0.2, -0.15) is 13.2 Å². The number of halogens is 3. The summed E-state index contributed by atoms with van der Waals surface area (Å²) in [6.45, 7) is 2.65. The highest BCUT2D eigenvalue weighted by Crippen LogP contribution is 2.53. The van der Waals surface area contributed by atoms with Gasteiger partial charge in [0.25, 0.3) is 5.91 Å². The van der Waals surface area contributed by atoms with Crippen LogP contribution in [0.2, 0.25) is 0 Å². The molecule has 1 amide bonds. The van der Waals surface area contributed by atoms with Gasteiger partial charge in [-0.3, -0.25) is 4.79 Å². The van der Waals surface area contributed by atoms with Crippen LogP contribution in [0.5, 0.6) is 5.88 Å². The molecule has 6 nitrogen and oxygen atoms in total. The van der Waals surface area contributed by atoms with Crippen molar-refractivity contribution in [3.05, 3.63) is 48.2 Å². The lowest BCUT2D eigenvalue weighted by Gasteiger charge is -2.47. The lowest BCUT2D eigenvalue weighted by molar-refractivity contribution is -0.256. The Bertz CT molecular complexity index is 1080. The maximum Gasteiger partial charge on any atom is 0.395 e. The number of ether oxygens (including phenoxy) is 1. The number of hydrogen-bond acceptors (Lipinski definition) is 5. The average Bonchev–Trinajstić information content (AvgIpc) is 3.38. The Morgan fingerprint density at radius 1 is 1.00 bits per heavy atom. The average molecular weight is 532 g/mol. The van der Waals surface area contributed by atoms with E-state index in [0.717, 1.165) is 36.8 Å². The van der Waals surface area contributed by atoms with E-state index >= 15 is 0 Å². The number of aliphatic hydroxyl groups excluding tert-OH is 1. The molecule has 3 heterocycles. The monoisotopic (exact) mass is 531 g/mol. The number of rotatable bonds is 8. The summed E-state index contributed by atoms with van der Waals surface area (Å²) in [6, 6.07) is 11.1. The summed E-state index contributed by atoms with van der Waals surface area (Å²) < 4.78 is 46.4. The number of aliphatic hydroxyl groups is 1. The van der Waals surface area contributed by atoms with Gasteiger partial charge in [0, 0.05) is 36.5 Å². The minimum absolute atomic E-state index is 0.00824. The predicted molar refractivity (Wildman–Crippen MR) is 138 cm³/mol. The summed E-state index contributed by atoms with van der Waals surface area (Å²) in [4.78, 5) is 20.9. The zero-order valence-corrected chi connectivity index (χ0v) is 21.6. The van der Waals surface area contributed by atoms with E-state index in [1.54, 1.807) is 11.1 Å². The van der Waals surface area contributed by atoms with Gasteiger partial charge in [0.2, 0.25) is 5.88 Å². The molecule has 1 aromatic carbocycles. The standard InChI is InChI=1S/C29H36F3N3O3/c30-29(31,32)28(12-2-13-28)20-34-15-10-21(11-16-34)19-38-26-9-8-24(17-33-26)22-4-6-23(7-5-22)27(37)35-14-1-3-25(35)18-36/h4-9,17,21,25,36H,1-3,10-16,18-20H2. The van der Waals surface area contributed by atoms with Gasteiger partial charge in [-0.15, -0.1) is 0 Å². The number of piperidine rings is 1. The van der Waals surface area contributed by atoms with E-state index in [1.165, 1.54) is 0 Å². The zero-order valence-electron chi connectivity index (χ0n) is 21.6. The SMILES string of the molecule is O=C(c1ccc(-c2ccc(OCC3CCN(CC4(C(F)(F)F)CCC4)CC3)nc2)cc1)N1CCCC1CO. The van der Waals surface area contributed by atoms with E-state index in [0.29, 0.717) is 50.0 Å². The van der Waals surface area contributed by atoms with Crippen LogP contribution in [0.1, 0.15) is 55.3 Å². The van der Waals surface area contributed by atoms with E-state index in [9.17, 15) is 23.1 Å². The molecule has 1 atom stereocenters. The number of nitrogens with zero attached hydrogens (tertiary/aromatic N) is 3. The molecule has 1 N–H and O–H groups in total. The van der Waals surface area contributed by atoms with Crippen molar-refractivity contribution in [2.24, 2.45) is 11.3 Å². The Morgan fingerprint density at radius 3 is 2.29 bits per heavy atom. The van der Waals surface area contributed by atoms with E-state index in [2.05, 4.69) is 4.98 Å². The maximum atomic E-state index is 13.5. The third-order valence-corrected chi connectivity index (χ3v) is 8.66. The lowest BCUT2D eigenvalue weighted by Crippen LogP contribution is -2.53. The summed E-state index contributed by atoms with van der Waals surface area (Å²) in [5.74, 6) is 0.781. The quantitative estimate of drug-likeness (QED) is 0.509. The van der Waals surface area contributed by atoms with Crippen LogP contribution in [0.3, 0.4) is 0 Å². The number of carbonyl (C=O) groups is 1. The molecule has 1 unspecified atom stereocenters. The van der Waals surface area contributed by atoms with Crippen LogP contribution in [0.4, 0.5) is 13.2 Å². The molecule has 1 saturated carbocycles. The Balaban J connectivity index is 1.09. The number of aromatic nitrogens is 1. The van der Waals surface area contributed by atoms with Gasteiger partial charge in [0.05, 0.1) is 24.7 Å². The smallest absolute Gasteiger partial charge is 0.395 e. The Labute approximate surface area is 221 Å². The summed E-state index contributed by atoms with van der Waals surface area (Å²) in [5.41, 5.74) is 0.966. The van der Waals surface area contributed by atoms with Crippen LogP contribution in [0.15, 0.2) is 42.6 Å². The second kappa shape index (κ2) is 11.2. The van der Waals surface area contributed by atoms with Crippen molar-refractivity contribution in [3.63, 3.8) is 0 Å². The molecule has 1 aromatic heterocycles. The lowest BCUT2D eigenvalue weighted by atomic mass is 9.67. The first-order valence-corrected chi connectivity index (χ1v) is 13.7. The molecular formula is C29H36F3N3O3. The summed E-state index contributed by atoms with van der Waals surface area (Å²) >= 11 is 0. The van der Waals surface area contributed by atoms with Crippen molar-refractivity contribution in [1.29, 1.82) is 0 Å². The number of alkyl halides is 3. The number of likely N-dealkylation sites (tertiary alicyclic amines) is 2. The van der Waals surface area contributed by atoms with Crippen molar-refractivity contribution in [2.45, 2.75) is 57.2 Å². The van der Waals surface area contributed by atoms with Gasteiger partial charge in [0.1, 0.15) is 0 Å². The number of amides is 1. The normalized spacial score (nSPS) is 22.3. The fourth-order valence-corrected chi connectivity index (χ4v) is 5.98. The van der Waals surface area contributed by atoms with Gasteiger partial charge in [-0.1, -0.05) is 18.6 Å². The van der Waals surface area contributed by atoms with Crippen LogP contribution in [0.25, 0.3) is 11.1 Å². The Hall–Kier alpha value is -2.65. The number of pyridine rings is 1. The Kier molecular flexibility index (Phi) is 7.95. The van der Waals surface area contributed by atoms with Gasteiger partial charge in [-0.25, -0.2) is 4.98 Å². The molecule has 5 rings (SSSR count). The molecule has 206 valence electrons. The van der Waals surface area contributed by atoms with Crippen molar-refractivity contribution in [3.8, 4) is 17.0 Å². The van der Waals surface area contributed by atoms with Crippen molar-refractivity contribution in [2.75, 3.05) is 39.4 Å². The first kappa shape index (κ1) is 26.9. The maximum absolute atomic E-state index is 13.5. The zero-order chi connectivity index (χ0) is 26.8. The molecule has 3 aliphatic rings. The van der Waals surface area contributed by atoms with Gasteiger partial charge >= 0.3 is 6.18 Å². The van der Waals surface area contributed by atoms with Gasteiger partial charge in [0.15, 0.2) is 0 Å². The van der Waals surface area contributed by atoms with Crippen LogP contribution < -0.4 is 4.74 Å². The minimum Gasteiger partial charge on any atom is -0.477 e. The largest absolute Gasteiger partial charge is 0.477 e. The molecule has 2 aliphatic heterocycles. The Morgan fingerprint density at radius 2 is 1.71 bits per heavy atom. The van der Waals surface area contributed by atoms with E-state index in [1.807, 2.05) is 41.3 Å². The first-order valence-electron chi connectivity index (χ1n) is 13.7. The molecule has 0 spiro atoms. The van der Waals surface area contributed by atoms with Crippen molar-refractivity contribution in [1.82, 2.24) is 14.8 Å². The van der Waals surface area contributed by atoms with Crippen LogP contribution in [0, 0.1) is 11.3 Å². The summed E-state index contributed by atoms with van der Waals surface area (Å²) in [6.07, 6.45) is 2.22. The topological polar surface area (TPSA) is 65.9 Å². The van der Waals surface area contributed by atoms with E-state index in [-0.39, 0.29) is 37.9 Å². The van der Waals surface area contributed by atoms with Crippen molar-refractivity contribution >= 4 is 5.91 Å². The highest BCUT2D eigenvalue weighted by molar-refractivity contribution is 5.95. The number of benzene rings is 1. The molecule has 38 heavy (non-hydrogen) atoms. The molecule has 1 aliphatic carbocycles. The van der Waals surface area contributed by atoms with Gasteiger partial charge < -0.3 is 19.6 Å². The van der Waals surface area contributed by atoms with E-state index < -0.39 is 11.6 Å². The minimum atomic E-state index is -4.11. The second-order valence-corrected chi connectivity index (χ2v) is 11.1. The second-order valence-electron chi connectivity index (χ2n) is 11.1. The number of carbonyl (C=O) groups excluding carboxylic acids is 1. The summed E-state index contributed by atoms with van der Waals surface area (Å²) in [5, 5.41) is 9.49. The molecule has 2 aromatic rings. The third-order valence-electron chi connectivity index (χ3n) is 8.66. The fraction of sp³-hybridized carbons (Fsp3) is 0.586. The highest BCUT2D eigenvalue weighted by atomic mass is 19.4. The first-order chi connectivity index (χ1) is 18.3. The number of hydrogen-bond donors (Lipinski definition) is 1. The summed E-state index contributed by atoms with van der Waals surface area (Å²) in [7, 11) is 0. The fourth-order valence-electron chi connectivity index (χ4n) is 5.98. The third kappa shape index (κ3) is 5.69. The molecule has 0 bridgehead atoms. The highest BCUT2D eigenvalue weighted by Gasteiger charge is 2.58. The van der Waals surface area contributed by atoms with Crippen molar-refractivity contribution < 1.29 is 27.8 Å². The molecule has 0 radical (unpaired) electrons. The van der Waals surface area contributed by atoms with Crippen LogP contribution in [-0.2, 0) is 0 Å². The molecule has 2 saturated heterocycles. The molecule has 9 heteroatoms. The molecular weight excluding hydrogens is 495 g/mol. The van der Waals surface area contributed by atoms with Gasteiger partial charge in [-0.05, 0) is 81.3 Å². The van der Waals surface area contributed by atoms with Crippen LogP contribution in [-0.4, -0.2) is 77.4 Å². The van der Waals surface area contributed by atoms with Crippen LogP contribution >= 0.6 is 0 Å². The van der Waals surface area contributed by atoms with E-state index in [4.69, 9.17) is 4.74 Å².